The monoisotopic (exact) mass is 122 g/mol. The molecular formula is C8H10O. The number of hydrogen-bond donors (Lipinski definition) is 0. The van der Waals surface area contributed by atoms with Gasteiger partial charge in [0.1, 0.15) is 0 Å². The van der Waals surface area contributed by atoms with Crippen LogP contribution in [0, 0.1) is 11.3 Å². The third kappa shape index (κ3) is 0.432. The molecule has 0 bridgehead atoms. The second-order valence-electron chi connectivity index (χ2n) is 3.41. The number of ketones is 1. The fourth-order valence-electron chi connectivity index (χ4n) is 1.73. The van der Waals surface area contributed by atoms with Gasteiger partial charge in [0.2, 0.25) is 0 Å². The molecule has 1 fully saturated rings. The van der Waals surface area contributed by atoms with Gasteiger partial charge in [-0.25, -0.2) is 0 Å². The molecular weight excluding hydrogens is 112 g/mol. The molecule has 0 aromatic rings. The summed E-state index contributed by atoms with van der Waals surface area (Å²) < 4.78 is 0. The predicted octanol–water partition coefficient (Wildman–Crippen LogP) is 1.54. The van der Waals surface area contributed by atoms with Gasteiger partial charge in [-0.15, -0.1) is 0 Å². The number of allylic oxidation sites excluding steroid dienone is 2. The van der Waals surface area contributed by atoms with Crippen LogP contribution in [0.15, 0.2) is 11.6 Å². The van der Waals surface area contributed by atoms with Gasteiger partial charge in [-0.3, -0.25) is 4.79 Å². The lowest BCUT2D eigenvalue weighted by atomic mass is 10.0. The molecule has 2 atom stereocenters. The maximum Gasteiger partial charge on any atom is 0.164 e. The van der Waals surface area contributed by atoms with Gasteiger partial charge in [0.05, 0.1) is 0 Å². The van der Waals surface area contributed by atoms with Crippen LogP contribution in [0.5, 0.6) is 0 Å². The quantitative estimate of drug-likeness (QED) is 0.476. The summed E-state index contributed by atoms with van der Waals surface area (Å²) in [7, 11) is 0. The van der Waals surface area contributed by atoms with E-state index in [0.717, 1.165) is 12.0 Å². The van der Waals surface area contributed by atoms with Gasteiger partial charge >= 0.3 is 0 Å². The minimum atomic E-state index is 0.0596. The summed E-state index contributed by atoms with van der Waals surface area (Å²) in [6.07, 6.45) is 3.21. The van der Waals surface area contributed by atoms with Gasteiger partial charge in [-0.2, -0.15) is 0 Å². The molecule has 48 valence electrons. The largest absolute Gasteiger partial charge is 0.294 e. The maximum absolute atomic E-state index is 11.2. The van der Waals surface area contributed by atoms with Crippen molar-refractivity contribution in [3.63, 3.8) is 0 Å². The molecule has 0 radical (unpaired) electrons. The van der Waals surface area contributed by atoms with Crippen LogP contribution < -0.4 is 0 Å². The van der Waals surface area contributed by atoms with E-state index in [9.17, 15) is 4.79 Å². The number of rotatable bonds is 0. The van der Waals surface area contributed by atoms with Crippen LogP contribution in [0.4, 0.5) is 0 Å². The Balaban J connectivity index is 2.41. The van der Waals surface area contributed by atoms with Crippen LogP contribution >= 0.6 is 0 Å². The molecule has 0 amide bonds. The van der Waals surface area contributed by atoms with Gasteiger partial charge in [0, 0.05) is 5.41 Å². The molecule has 2 aliphatic rings. The van der Waals surface area contributed by atoms with Crippen LogP contribution in [0.3, 0.4) is 0 Å². The van der Waals surface area contributed by atoms with Crippen molar-refractivity contribution in [2.24, 2.45) is 11.3 Å². The lowest BCUT2D eigenvalue weighted by Gasteiger charge is -2.00. The summed E-state index contributed by atoms with van der Waals surface area (Å²) in [5, 5.41) is 0. The van der Waals surface area contributed by atoms with Crippen molar-refractivity contribution in [3.05, 3.63) is 11.6 Å². The number of carbonyl (C=O) groups excluding carboxylic acids is 1. The Morgan fingerprint density at radius 1 is 1.78 bits per heavy atom. The molecule has 9 heavy (non-hydrogen) atoms. The first-order chi connectivity index (χ1) is 4.14. The molecule has 2 unspecified atom stereocenters. The fraction of sp³-hybridized carbons (Fsp3) is 0.625. The van der Waals surface area contributed by atoms with Crippen molar-refractivity contribution in [2.45, 2.75) is 20.3 Å². The lowest BCUT2D eigenvalue weighted by Crippen LogP contribution is -2.09. The first-order valence-electron chi connectivity index (χ1n) is 3.38. The first kappa shape index (κ1) is 5.21. The van der Waals surface area contributed by atoms with Crippen molar-refractivity contribution < 1.29 is 4.79 Å². The molecule has 0 heterocycles. The third-order valence-corrected chi connectivity index (χ3v) is 2.63. The highest BCUT2D eigenvalue weighted by Gasteiger charge is 2.58. The topological polar surface area (TPSA) is 17.1 Å². The Morgan fingerprint density at radius 2 is 2.44 bits per heavy atom. The zero-order chi connectivity index (χ0) is 6.65. The van der Waals surface area contributed by atoms with Gasteiger partial charge in [-0.05, 0) is 24.8 Å². The summed E-state index contributed by atoms with van der Waals surface area (Å²) >= 11 is 0. The van der Waals surface area contributed by atoms with E-state index in [1.54, 1.807) is 0 Å². The summed E-state index contributed by atoms with van der Waals surface area (Å²) in [6.45, 7) is 3.98. The highest BCUT2D eigenvalue weighted by Crippen LogP contribution is 2.59. The fourth-order valence-corrected chi connectivity index (χ4v) is 1.73. The Bertz CT molecular complexity index is 215. The first-order valence-corrected chi connectivity index (χ1v) is 3.38. The van der Waals surface area contributed by atoms with E-state index in [1.165, 1.54) is 0 Å². The Kier molecular flexibility index (Phi) is 0.655. The normalized spacial score (nSPS) is 46.7. The van der Waals surface area contributed by atoms with Gasteiger partial charge in [-0.1, -0.05) is 13.0 Å². The number of hydrogen-bond acceptors (Lipinski definition) is 1. The maximum atomic E-state index is 11.2. The molecule has 0 N–H and O–H groups in total. The second kappa shape index (κ2) is 1.13. The SMILES string of the molecule is CC1=CC2CC2(C)C1=O. The number of carbonyl (C=O) groups is 1. The lowest BCUT2D eigenvalue weighted by molar-refractivity contribution is -0.119. The van der Waals surface area contributed by atoms with Crippen LogP contribution in [-0.4, -0.2) is 5.78 Å². The van der Waals surface area contributed by atoms with Crippen LogP contribution in [0.25, 0.3) is 0 Å². The zero-order valence-electron chi connectivity index (χ0n) is 5.77. The minimum Gasteiger partial charge on any atom is -0.294 e. The predicted molar refractivity (Wildman–Crippen MR) is 35.0 cm³/mol. The third-order valence-electron chi connectivity index (χ3n) is 2.63. The van der Waals surface area contributed by atoms with Crippen molar-refractivity contribution in [1.82, 2.24) is 0 Å². The molecule has 1 heteroatoms. The minimum absolute atomic E-state index is 0.0596. The summed E-state index contributed by atoms with van der Waals surface area (Å²) in [5.74, 6) is 0.984. The van der Waals surface area contributed by atoms with E-state index in [2.05, 4.69) is 13.0 Å². The molecule has 0 aromatic heterocycles. The molecule has 1 saturated carbocycles. The average Bonchev–Trinajstić information content (AvgIpc) is 2.36. The van der Waals surface area contributed by atoms with Gasteiger partial charge in [0.25, 0.3) is 0 Å². The Hall–Kier alpha value is -0.590. The van der Waals surface area contributed by atoms with E-state index in [-0.39, 0.29) is 5.41 Å². The Labute approximate surface area is 54.8 Å². The smallest absolute Gasteiger partial charge is 0.164 e. The average molecular weight is 122 g/mol. The summed E-state index contributed by atoms with van der Waals surface area (Å²) in [6, 6.07) is 0. The number of fused-ring (bicyclic) bond motifs is 1. The highest BCUT2D eigenvalue weighted by atomic mass is 16.1. The molecule has 1 nitrogen and oxygen atoms in total. The van der Waals surface area contributed by atoms with Crippen molar-refractivity contribution in [2.75, 3.05) is 0 Å². The van der Waals surface area contributed by atoms with Crippen LogP contribution in [-0.2, 0) is 4.79 Å². The van der Waals surface area contributed by atoms with Crippen LogP contribution in [0.1, 0.15) is 20.3 Å². The molecule has 0 aromatic carbocycles. The van der Waals surface area contributed by atoms with Gasteiger partial charge < -0.3 is 0 Å². The van der Waals surface area contributed by atoms with Crippen molar-refractivity contribution >= 4 is 5.78 Å². The van der Waals surface area contributed by atoms with E-state index in [0.29, 0.717) is 11.7 Å². The molecule has 2 aliphatic carbocycles. The molecule has 2 rings (SSSR count). The van der Waals surface area contributed by atoms with E-state index < -0.39 is 0 Å². The van der Waals surface area contributed by atoms with E-state index in [4.69, 9.17) is 0 Å². The van der Waals surface area contributed by atoms with Crippen molar-refractivity contribution in [1.29, 1.82) is 0 Å². The van der Waals surface area contributed by atoms with E-state index in [1.807, 2.05) is 6.92 Å². The van der Waals surface area contributed by atoms with E-state index >= 15 is 0 Å². The summed E-state index contributed by atoms with van der Waals surface area (Å²) in [5.41, 5.74) is 1.04. The summed E-state index contributed by atoms with van der Waals surface area (Å²) in [4.78, 5) is 11.2. The number of Topliss-reactive ketones (excluding diaryl/α,β-unsaturated/α-hetero) is 1. The molecule has 0 spiro atoms. The Morgan fingerprint density at radius 3 is 2.67 bits per heavy atom. The second-order valence-corrected chi connectivity index (χ2v) is 3.41. The zero-order valence-corrected chi connectivity index (χ0v) is 5.77. The molecule has 0 aliphatic heterocycles. The van der Waals surface area contributed by atoms with Crippen molar-refractivity contribution in [3.8, 4) is 0 Å². The molecule has 0 saturated heterocycles. The van der Waals surface area contributed by atoms with Crippen LogP contribution in [0.2, 0.25) is 0 Å². The highest BCUT2D eigenvalue weighted by molar-refractivity contribution is 6.04. The standard InChI is InChI=1S/C8H10O/c1-5-3-6-4-8(6,2)7(5)9/h3,6H,4H2,1-2H3. The van der Waals surface area contributed by atoms with Gasteiger partial charge in [0.15, 0.2) is 5.78 Å².